The third-order valence-electron chi connectivity index (χ3n) is 1.75. The zero-order chi connectivity index (χ0) is 8.39. The second-order valence-corrected chi connectivity index (χ2v) is 2.55. The number of allylic oxidation sites excluding steroid dienone is 1. The van der Waals surface area contributed by atoms with Gasteiger partial charge in [-0.15, -0.1) is 6.58 Å². The van der Waals surface area contributed by atoms with Crippen LogP contribution in [0.1, 0.15) is 5.56 Å². The third-order valence-corrected chi connectivity index (χ3v) is 1.75. The Kier molecular flexibility index (Phi) is 1.72. The van der Waals surface area contributed by atoms with Crippen LogP contribution in [0.3, 0.4) is 0 Å². The Balaban J connectivity index is 2.42. The number of benzene rings is 1. The molecular formula is C9H9NO2. The van der Waals surface area contributed by atoms with E-state index in [1.807, 2.05) is 24.3 Å². The summed E-state index contributed by atoms with van der Waals surface area (Å²) >= 11 is 0. The summed E-state index contributed by atoms with van der Waals surface area (Å²) in [6.07, 6.45) is 2.65. The Labute approximate surface area is 70.5 Å². The molecule has 1 aromatic rings. The Morgan fingerprint density at radius 3 is 3.25 bits per heavy atom. The van der Waals surface area contributed by atoms with Crippen LogP contribution < -0.4 is 10.4 Å². The Hall–Kier alpha value is -1.48. The van der Waals surface area contributed by atoms with Crippen molar-refractivity contribution in [2.75, 3.05) is 5.48 Å². The first-order valence-corrected chi connectivity index (χ1v) is 3.74. The summed E-state index contributed by atoms with van der Waals surface area (Å²) in [5.41, 5.74) is 4.71. The molecule has 0 saturated carbocycles. The van der Waals surface area contributed by atoms with E-state index in [1.54, 1.807) is 0 Å². The van der Waals surface area contributed by atoms with Crippen LogP contribution in [0.5, 0.6) is 5.75 Å². The van der Waals surface area contributed by atoms with Gasteiger partial charge in [-0.3, -0.25) is 0 Å². The van der Waals surface area contributed by atoms with Gasteiger partial charge >= 0.3 is 0 Å². The fourth-order valence-corrected chi connectivity index (χ4v) is 1.19. The number of rotatable bonds is 2. The predicted octanol–water partition coefficient (Wildman–Crippen LogP) is 2.07. The highest BCUT2D eigenvalue weighted by Crippen LogP contribution is 2.33. The molecule has 0 fully saturated rings. The van der Waals surface area contributed by atoms with Gasteiger partial charge in [0.15, 0.2) is 5.75 Å². The molecule has 0 amide bonds. The third kappa shape index (κ3) is 1.04. The summed E-state index contributed by atoms with van der Waals surface area (Å²) in [6.45, 7) is 3.67. The highest BCUT2D eigenvalue weighted by Gasteiger charge is 2.15. The molecule has 3 heteroatoms. The van der Waals surface area contributed by atoms with Crippen LogP contribution in [0.15, 0.2) is 30.9 Å². The van der Waals surface area contributed by atoms with Crippen LogP contribution in [0.4, 0.5) is 5.69 Å². The molecule has 0 unspecified atom stereocenters. The van der Waals surface area contributed by atoms with E-state index in [4.69, 9.17) is 4.89 Å². The lowest BCUT2D eigenvalue weighted by Crippen LogP contribution is -1.94. The van der Waals surface area contributed by atoms with Gasteiger partial charge in [-0.25, -0.2) is 5.48 Å². The zero-order valence-electron chi connectivity index (χ0n) is 6.54. The fraction of sp³-hybridized carbons (Fsp3) is 0.111. The highest BCUT2D eigenvalue weighted by molar-refractivity contribution is 5.62. The number of anilines is 1. The van der Waals surface area contributed by atoms with Gasteiger partial charge in [-0.1, -0.05) is 23.2 Å². The van der Waals surface area contributed by atoms with E-state index < -0.39 is 0 Å². The largest absolute Gasteiger partial charge is 0.312 e. The van der Waals surface area contributed by atoms with Gasteiger partial charge in [0, 0.05) is 0 Å². The van der Waals surface area contributed by atoms with Gasteiger partial charge in [0.25, 0.3) is 0 Å². The SMILES string of the molecule is C=CCc1cccc2c1NOO2. The predicted molar refractivity (Wildman–Crippen MR) is 45.7 cm³/mol. The Morgan fingerprint density at radius 2 is 2.42 bits per heavy atom. The van der Waals surface area contributed by atoms with E-state index in [0.29, 0.717) is 0 Å². The van der Waals surface area contributed by atoms with Gasteiger partial charge in [0.1, 0.15) is 5.69 Å². The number of para-hydroxylation sites is 1. The van der Waals surface area contributed by atoms with Crippen molar-refractivity contribution in [3.8, 4) is 5.75 Å². The van der Waals surface area contributed by atoms with E-state index in [9.17, 15) is 0 Å². The highest BCUT2D eigenvalue weighted by atomic mass is 17.3. The molecule has 1 aromatic carbocycles. The average Bonchev–Trinajstić information content (AvgIpc) is 2.53. The van der Waals surface area contributed by atoms with Crippen LogP contribution in [-0.2, 0) is 11.4 Å². The van der Waals surface area contributed by atoms with E-state index in [1.165, 1.54) is 0 Å². The lowest BCUT2D eigenvalue weighted by atomic mass is 10.1. The summed E-state index contributed by atoms with van der Waals surface area (Å²) in [5, 5.41) is 0. The molecule has 2 rings (SSSR count). The summed E-state index contributed by atoms with van der Waals surface area (Å²) < 4.78 is 0. The molecule has 1 aliphatic rings. The molecule has 1 heterocycles. The average molecular weight is 163 g/mol. The Bertz CT molecular complexity index is 309. The van der Waals surface area contributed by atoms with Crippen LogP contribution in [-0.4, -0.2) is 0 Å². The first kappa shape index (κ1) is 7.18. The molecule has 1 aliphatic heterocycles. The van der Waals surface area contributed by atoms with Crippen molar-refractivity contribution in [1.29, 1.82) is 0 Å². The molecule has 0 aromatic heterocycles. The van der Waals surface area contributed by atoms with Crippen molar-refractivity contribution in [1.82, 2.24) is 0 Å². The topological polar surface area (TPSA) is 30.5 Å². The molecule has 1 N–H and O–H groups in total. The standard InChI is InChI=1S/C9H9NO2/c1-2-4-7-5-3-6-8-9(7)10-12-11-8/h2-3,5-6,10H,1,4H2. The summed E-state index contributed by atoms with van der Waals surface area (Å²) in [5.74, 6) is 0.731. The van der Waals surface area contributed by atoms with Crippen molar-refractivity contribution in [2.24, 2.45) is 0 Å². The molecule has 0 radical (unpaired) electrons. The molecule has 0 atom stereocenters. The molecule has 12 heavy (non-hydrogen) atoms. The van der Waals surface area contributed by atoms with Crippen LogP contribution in [0, 0.1) is 0 Å². The van der Waals surface area contributed by atoms with E-state index in [0.717, 1.165) is 23.4 Å². The number of fused-ring (bicyclic) bond motifs is 1. The van der Waals surface area contributed by atoms with Gasteiger partial charge < -0.3 is 4.89 Å². The minimum absolute atomic E-state index is 0.731. The van der Waals surface area contributed by atoms with Crippen molar-refractivity contribution >= 4 is 5.69 Å². The fourth-order valence-electron chi connectivity index (χ4n) is 1.19. The minimum atomic E-state index is 0.731. The van der Waals surface area contributed by atoms with Crippen molar-refractivity contribution < 1.29 is 9.88 Å². The van der Waals surface area contributed by atoms with Crippen LogP contribution in [0.25, 0.3) is 0 Å². The Morgan fingerprint density at radius 1 is 1.50 bits per heavy atom. The molecule has 62 valence electrons. The smallest absolute Gasteiger partial charge is 0.193 e. The van der Waals surface area contributed by atoms with E-state index >= 15 is 0 Å². The first-order valence-electron chi connectivity index (χ1n) is 3.74. The van der Waals surface area contributed by atoms with Crippen molar-refractivity contribution in [2.45, 2.75) is 6.42 Å². The van der Waals surface area contributed by atoms with Gasteiger partial charge in [0.05, 0.1) is 0 Å². The van der Waals surface area contributed by atoms with Crippen LogP contribution in [0.2, 0.25) is 0 Å². The van der Waals surface area contributed by atoms with Gasteiger partial charge in [-0.05, 0) is 18.1 Å². The van der Waals surface area contributed by atoms with Crippen molar-refractivity contribution in [3.05, 3.63) is 36.4 Å². The maximum Gasteiger partial charge on any atom is 0.193 e. The lowest BCUT2D eigenvalue weighted by molar-refractivity contribution is -0.160. The van der Waals surface area contributed by atoms with Gasteiger partial charge in [0.2, 0.25) is 0 Å². The minimum Gasteiger partial charge on any atom is -0.312 e. The summed E-state index contributed by atoms with van der Waals surface area (Å²) in [7, 11) is 0. The van der Waals surface area contributed by atoms with Gasteiger partial charge in [-0.2, -0.15) is 0 Å². The lowest BCUT2D eigenvalue weighted by Gasteiger charge is -1.99. The second-order valence-electron chi connectivity index (χ2n) is 2.55. The molecule has 0 bridgehead atoms. The quantitative estimate of drug-likeness (QED) is 0.534. The van der Waals surface area contributed by atoms with Crippen molar-refractivity contribution in [3.63, 3.8) is 0 Å². The molecule has 0 aliphatic carbocycles. The van der Waals surface area contributed by atoms with Crippen LogP contribution >= 0.6 is 0 Å². The van der Waals surface area contributed by atoms with E-state index in [-0.39, 0.29) is 0 Å². The maximum atomic E-state index is 4.84. The number of hydrogen-bond donors (Lipinski definition) is 1. The second kappa shape index (κ2) is 2.87. The number of hydrogen-bond acceptors (Lipinski definition) is 3. The zero-order valence-corrected chi connectivity index (χ0v) is 6.54. The first-order chi connectivity index (χ1) is 5.92. The maximum absolute atomic E-state index is 4.84. The molecule has 0 spiro atoms. The molecular weight excluding hydrogens is 154 g/mol. The molecule has 3 nitrogen and oxygen atoms in total. The molecule has 0 saturated heterocycles. The normalized spacial score (nSPS) is 13.0. The summed E-state index contributed by atoms with van der Waals surface area (Å²) in [6, 6.07) is 5.78. The van der Waals surface area contributed by atoms with E-state index in [2.05, 4.69) is 17.0 Å². The monoisotopic (exact) mass is 163 g/mol. The number of nitrogens with one attached hydrogen (secondary N) is 1. The summed E-state index contributed by atoms with van der Waals surface area (Å²) in [4.78, 5) is 9.46.